The van der Waals surface area contributed by atoms with Gasteiger partial charge in [-0.15, -0.1) is 0 Å². The molecule has 1 aliphatic rings. The van der Waals surface area contributed by atoms with Gasteiger partial charge in [0.25, 0.3) is 0 Å². The zero-order valence-corrected chi connectivity index (χ0v) is 11.9. The molecule has 1 atom stereocenters. The number of hydrogen-bond donors (Lipinski definition) is 1. The van der Waals surface area contributed by atoms with Crippen molar-refractivity contribution in [1.29, 1.82) is 0 Å². The highest BCUT2D eigenvalue weighted by Crippen LogP contribution is 2.28. The lowest BCUT2D eigenvalue weighted by atomic mass is 10.0. The molecule has 0 fully saturated rings. The van der Waals surface area contributed by atoms with Crippen molar-refractivity contribution in [3.05, 3.63) is 29.6 Å². The van der Waals surface area contributed by atoms with E-state index in [9.17, 15) is 4.79 Å². The first-order valence-electron chi connectivity index (χ1n) is 6.88. The van der Waals surface area contributed by atoms with Gasteiger partial charge in [0.15, 0.2) is 0 Å². The third-order valence-corrected chi connectivity index (χ3v) is 3.20. The number of amides is 1. The highest BCUT2D eigenvalue weighted by atomic mass is 16.6. The monoisotopic (exact) mass is 262 g/mol. The number of nitrogens with one attached hydrogen (secondary N) is 1. The molecule has 19 heavy (non-hydrogen) atoms. The number of ether oxygens (including phenoxy) is 1. The van der Waals surface area contributed by atoms with Crippen LogP contribution in [0.15, 0.2) is 18.5 Å². The van der Waals surface area contributed by atoms with Crippen molar-refractivity contribution in [2.45, 2.75) is 58.1 Å². The van der Waals surface area contributed by atoms with Crippen LogP contribution in [0, 0.1) is 0 Å². The SMILES string of the molecule is CC(C)(C)OC(=O)NC1CCCCc2ccncc21. The summed E-state index contributed by atoms with van der Waals surface area (Å²) in [4.78, 5) is 16.1. The van der Waals surface area contributed by atoms with Crippen molar-refractivity contribution in [1.82, 2.24) is 10.3 Å². The summed E-state index contributed by atoms with van der Waals surface area (Å²) in [7, 11) is 0. The summed E-state index contributed by atoms with van der Waals surface area (Å²) in [5, 5.41) is 2.97. The van der Waals surface area contributed by atoms with Gasteiger partial charge in [0.1, 0.15) is 5.60 Å². The predicted octanol–water partition coefficient (Wildman–Crippen LogP) is 3.37. The van der Waals surface area contributed by atoms with E-state index >= 15 is 0 Å². The maximum atomic E-state index is 11.9. The number of rotatable bonds is 1. The van der Waals surface area contributed by atoms with E-state index in [4.69, 9.17) is 4.74 Å². The molecule has 1 aromatic heterocycles. The van der Waals surface area contributed by atoms with Crippen LogP contribution in [0.4, 0.5) is 4.79 Å². The molecule has 1 unspecified atom stereocenters. The predicted molar refractivity (Wildman–Crippen MR) is 73.9 cm³/mol. The Labute approximate surface area is 114 Å². The van der Waals surface area contributed by atoms with E-state index in [1.165, 1.54) is 5.56 Å². The second kappa shape index (κ2) is 5.59. The fraction of sp³-hybridized carbons (Fsp3) is 0.600. The summed E-state index contributed by atoms with van der Waals surface area (Å²) in [6.45, 7) is 5.61. The Morgan fingerprint density at radius 3 is 2.95 bits per heavy atom. The molecule has 0 saturated heterocycles. The number of fused-ring (bicyclic) bond motifs is 1. The molecular weight excluding hydrogens is 240 g/mol. The largest absolute Gasteiger partial charge is 0.444 e. The van der Waals surface area contributed by atoms with Crippen LogP contribution in [0.2, 0.25) is 0 Å². The molecule has 0 radical (unpaired) electrons. The van der Waals surface area contributed by atoms with Gasteiger partial charge in [0, 0.05) is 12.4 Å². The van der Waals surface area contributed by atoms with E-state index in [2.05, 4.69) is 10.3 Å². The summed E-state index contributed by atoms with van der Waals surface area (Å²) in [5.74, 6) is 0. The smallest absolute Gasteiger partial charge is 0.408 e. The Balaban J connectivity index is 2.10. The number of alkyl carbamates (subject to hydrolysis) is 1. The molecule has 1 N–H and O–H groups in total. The van der Waals surface area contributed by atoms with Crippen LogP contribution >= 0.6 is 0 Å². The first kappa shape index (κ1) is 13.8. The Morgan fingerprint density at radius 1 is 1.42 bits per heavy atom. The lowest BCUT2D eigenvalue weighted by Gasteiger charge is -2.23. The van der Waals surface area contributed by atoms with Crippen molar-refractivity contribution in [3.8, 4) is 0 Å². The molecule has 0 bridgehead atoms. The number of aryl methyl sites for hydroxylation is 1. The normalized spacial score (nSPS) is 19.2. The van der Waals surface area contributed by atoms with E-state index in [1.54, 1.807) is 0 Å². The number of carbonyl (C=O) groups is 1. The van der Waals surface area contributed by atoms with Gasteiger partial charge in [-0.2, -0.15) is 0 Å². The van der Waals surface area contributed by atoms with Gasteiger partial charge in [-0.05, 0) is 57.2 Å². The molecule has 1 aromatic rings. The van der Waals surface area contributed by atoms with E-state index in [0.29, 0.717) is 0 Å². The second-order valence-corrected chi connectivity index (χ2v) is 6.02. The van der Waals surface area contributed by atoms with Crippen LogP contribution in [-0.4, -0.2) is 16.7 Å². The molecule has 104 valence electrons. The standard InChI is InChI=1S/C15H22N2O2/c1-15(2,3)19-14(18)17-13-7-5-4-6-11-8-9-16-10-12(11)13/h8-10,13H,4-7H2,1-3H3,(H,17,18). The molecule has 1 aliphatic carbocycles. The third kappa shape index (κ3) is 3.94. The van der Waals surface area contributed by atoms with Crippen LogP contribution in [0.1, 0.15) is 57.2 Å². The lowest BCUT2D eigenvalue weighted by molar-refractivity contribution is 0.0501. The first-order valence-corrected chi connectivity index (χ1v) is 6.88. The number of nitrogens with zero attached hydrogens (tertiary/aromatic N) is 1. The zero-order valence-electron chi connectivity index (χ0n) is 11.9. The maximum Gasteiger partial charge on any atom is 0.408 e. The Hall–Kier alpha value is -1.58. The van der Waals surface area contributed by atoms with Crippen LogP contribution in [0.3, 0.4) is 0 Å². The van der Waals surface area contributed by atoms with E-state index in [0.717, 1.165) is 31.2 Å². The quantitative estimate of drug-likeness (QED) is 0.789. The Morgan fingerprint density at radius 2 is 2.21 bits per heavy atom. The second-order valence-electron chi connectivity index (χ2n) is 6.02. The fourth-order valence-electron chi connectivity index (χ4n) is 2.40. The minimum absolute atomic E-state index is 0.0149. The van der Waals surface area contributed by atoms with Gasteiger partial charge in [-0.3, -0.25) is 4.98 Å². The maximum absolute atomic E-state index is 11.9. The summed E-state index contributed by atoms with van der Waals surface area (Å²) in [5.41, 5.74) is 1.95. The van der Waals surface area contributed by atoms with E-state index in [1.807, 2.05) is 39.2 Å². The van der Waals surface area contributed by atoms with Gasteiger partial charge in [-0.1, -0.05) is 6.42 Å². The summed E-state index contributed by atoms with van der Waals surface area (Å²) < 4.78 is 5.33. The molecule has 0 aromatic carbocycles. The topological polar surface area (TPSA) is 51.2 Å². The minimum Gasteiger partial charge on any atom is -0.444 e. The minimum atomic E-state index is -0.466. The number of hydrogen-bond acceptors (Lipinski definition) is 3. The Bertz CT molecular complexity index is 452. The highest BCUT2D eigenvalue weighted by molar-refractivity contribution is 5.68. The molecule has 2 rings (SSSR count). The zero-order chi connectivity index (χ0) is 13.9. The van der Waals surface area contributed by atoms with Gasteiger partial charge < -0.3 is 10.1 Å². The molecule has 0 aliphatic heterocycles. The average molecular weight is 262 g/mol. The van der Waals surface area contributed by atoms with Crippen molar-refractivity contribution < 1.29 is 9.53 Å². The number of carbonyl (C=O) groups excluding carboxylic acids is 1. The number of aromatic nitrogens is 1. The van der Waals surface area contributed by atoms with Gasteiger partial charge in [-0.25, -0.2) is 4.79 Å². The molecule has 0 saturated carbocycles. The average Bonchev–Trinajstić information content (AvgIpc) is 2.50. The van der Waals surface area contributed by atoms with Crippen LogP contribution in [0.5, 0.6) is 0 Å². The molecule has 1 heterocycles. The lowest BCUT2D eigenvalue weighted by Crippen LogP contribution is -2.35. The van der Waals surface area contributed by atoms with Crippen LogP contribution < -0.4 is 5.32 Å². The first-order chi connectivity index (χ1) is 8.96. The van der Waals surface area contributed by atoms with Gasteiger partial charge >= 0.3 is 6.09 Å². The van der Waals surface area contributed by atoms with Gasteiger partial charge in [0.2, 0.25) is 0 Å². The van der Waals surface area contributed by atoms with Crippen LogP contribution in [0.25, 0.3) is 0 Å². The van der Waals surface area contributed by atoms with E-state index in [-0.39, 0.29) is 12.1 Å². The molecule has 1 amide bonds. The summed E-state index contributed by atoms with van der Waals surface area (Å²) in [6, 6.07) is 2.06. The number of pyridine rings is 1. The fourth-order valence-corrected chi connectivity index (χ4v) is 2.40. The van der Waals surface area contributed by atoms with Crippen molar-refractivity contribution in [3.63, 3.8) is 0 Å². The Kier molecular flexibility index (Phi) is 4.08. The molecule has 0 spiro atoms. The van der Waals surface area contributed by atoms with Crippen molar-refractivity contribution >= 4 is 6.09 Å². The summed E-state index contributed by atoms with van der Waals surface area (Å²) >= 11 is 0. The molecule has 4 nitrogen and oxygen atoms in total. The van der Waals surface area contributed by atoms with E-state index < -0.39 is 5.60 Å². The highest BCUT2D eigenvalue weighted by Gasteiger charge is 2.23. The van der Waals surface area contributed by atoms with Crippen molar-refractivity contribution in [2.75, 3.05) is 0 Å². The van der Waals surface area contributed by atoms with Crippen LogP contribution in [-0.2, 0) is 11.2 Å². The molecule has 4 heteroatoms. The van der Waals surface area contributed by atoms with Crippen molar-refractivity contribution in [2.24, 2.45) is 0 Å². The molecular formula is C15H22N2O2. The third-order valence-electron chi connectivity index (χ3n) is 3.20. The van der Waals surface area contributed by atoms with Gasteiger partial charge in [0.05, 0.1) is 6.04 Å². The summed E-state index contributed by atoms with van der Waals surface area (Å²) in [6.07, 6.45) is 7.59.